The fraction of sp³-hybridized carbons (Fsp3) is 0.588. The largest absolute Gasteiger partial charge is 0.461 e. The van der Waals surface area contributed by atoms with Crippen molar-refractivity contribution in [3.05, 3.63) is 35.9 Å². The van der Waals surface area contributed by atoms with Gasteiger partial charge in [-0.15, -0.1) is 0 Å². The molecule has 2 rings (SSSR count). The highest BCUT2D eigenvalue weighted by Crippen LogP contribution is 2.27. The molecule has 1 aliphatic rings. The normalized spacial score (nSPS) is 22.7. The molecule has 0 saturated heterocycles. The Kier molecular flexibility index (Phi) is 5.76. The van der Waals surface area contributed by atoms with Gasteiger partial charge in [-0.3, -0.25) is 4.79 Å². The first kappa shape index (κ1) is 16.0. The van der Waals surface area contributed by atoms with Crippen molar-refractivity contribution in [3.8, 4) is 0 Å². The van der Waals surface area contributed by atoms with E-state index < -0.39 is 0 Å². The minimum Gasteiger partial charge on any atom is -0.461 e. The Hall–Kier alpha value is -1.39. The molecule has 0 aromatic heterocycles. The van der Waals surface area contributed by atoms with Crippen LogP contribution < -0.4 is 0 Å². The molecule has 1 aromatic rings. The molecule has 116 valence electrons. The van der Waals surface area contributed by atoms with E-state index in [4.69, 9.17) is 4.74 Å². The first-order chi connectivity index (χ1) is 10.0. The number of benzene rings is 1. The van der Waals surface area contributed by atoms with Gasteiger partial charge in [-0.05, 0) is 31.4 Å². The van der Waals surface area contributed by atoms with Gasteiger partial charge in [0.15, 0.2) is 0 Å². The molecule has 4 heteroatoms. The Morgan fingerprint density at radius 3 is 2.67 bits per heavy atom. The van der Waals surface area contributed by atoms with Crippen LogP contribution in [0, 0.1) is 11.8 Å². The molecule has 0 aliphatic heterocycles. The predicted molar refractivity (Wildman–Crippen MR) is 81.6 cm³/mol. The van der Waals surface area contributed by atoms with Crippen molar-refractivity contribution in [1.29, 1.82) is 0 Å². The highest BCUT2D eigenvalue weighted by Gasteiger charge is 2.28. The molecular formula is C17H25NO3. The minimum atomic E-state index is -0.153. The van der Waals surface area contributed by atoms with Gasteiger partial charge in [0.05, 0.1) is 12.0 Å². The number of hydrogen-bond acceptors (Lipinski definition) is 4. The molecule has 1 saturated carbocycles. The van der Waals surface area contributed by atoms with Crippen LogP contribution in [0.4, 0.5) is 0 Å². The zero-order valence-electron chi connectivity index (χ0n) is 12.9. The predicted octanol–water partition coefficient (Wildman–Crippen LogP) is 2.07. The highest BCUT2D eigenvalue weighted by molar-refractivity contribution is 5.72. The lowest BCUT2D eigenvalue weighted by Gasteiger charge is -2.35. The number of aliphatic hydroxyl groups excluding tert-OH is 1. The smallest absolute Gasteiger partial charge is 0.310 e. The lowest BCUT2D eigenvalue weighted by Crippen LogP contribution is -2.39. The second kappa shape index (κ2) is 7.57. The van der Waals surface area contributed by atoms with Crippen LogP contribution in [0.25, 0.3) is 0 Å². The Labute approximate surface area is 126 Å². The van der Waals surface area contributed by atoms with E-state index in [1.807, 2.05) is 44.3 Å². The number of aliphatic hydroxyl groups is 1. The van der Waals surface area contributed by atoms with E-state index in [9.17, 15) is 9.90 Å². The summed E-state index contributed by atoms with van der Waals surface area (Å²) < 4.78 is 5.35. The molecule has 4 nitrogen and oxygen atoms in total. The average Bonchev–Trinajstić information content (AvgIpc) is 2.44. The lowest BCUT2D eigenvalue weighted by molar-refractivity contribution is -0.150. The zero-order chi connectivity index (χ0) is 15.2. The van der Waals surface area contributed by atoms with Gasteiger partial charge in [0.2, 0.25) is 0 Å². The van der Waals surface area contributed by atoms with Crippen molar-refractivity contribution < 1.29 is 14.6 Å². The summed E-state index contributed by atoms with van der Waals surface area (Å²) in [6, 6.07) is 9.72. The molecule has 0 heterocycles. The molecule has 1 aliphatic carbocycles. The molecule has 0 amide bonds. The third-order valence-electron chi connectivity index (χ3n) is 3.99. The topological polar surface area (TPSA) is 49.8 Å². The third kappa shape index (κ3) is 5.14. The molecule has 1 atom stereocenters. The minimum absolute atomic E-state index is 0.114. The summed E-state index contributed by atoms with van der Waals surface area (Å²) in [4.78, 5) is 14.1. The highest BCUT2D eigenvalue weighted by atomic mass is 16.5. The summed E-state index contributed by atoms with van der Waals surface area (Å²) in [5.41, 5.74) is 1.01. The second-order valence-electron chi connectivity index (χ2n) is 6.21. The first-order valence-electron chi connectivity index (χ1n) is 7.61. The summed E-state index contributed by atoms with van der Waals surface area (Å²) in [6.07, 6.45) is 1.66. The summed E-state index contributed by atoms with van der Waals surface area (Å²) >= 11 is 0. The lowest BCUT2D eigenvalue weighted by atomic mass is 9.82. The number of esters is 1. The van der Waals surface area contributed by atoms with E-state index in [1.165, 1.54) is 0 Å². The van der Waals surface area contributed by atoms with Crippen molar-refractivity contribution in [3.63, 3.8) is 0 Å². The maximum absolute atomic E-state index is 12.0. The fourth-order valence-corrected chi connectivity index (χ4v) is 2.78. The Morgan fingerprint density at radius 1 is 1.38 bits per heavy atom. The second-order valence-corrected chi connectivity index (χ2v) is 6.21. The van der Waals surface area contributed by atoms with E-state index in [-0.39, 0.29) is 18.0 Å². The van der Waals surface area contributed by atoms with Crippen LogP contribution in [-0.4, -0.2) is 42.2 Å². The maximum atomic E-state index is 12.0. The summed E-state index contributed by atoms with van der Waals surface area (Å²) in [5.74, 6) is 0.278. The molecule has 1 unspecified atom stereocenters. The third-order valence-corrected chi connectivity index (χ3v) is 3.99. The van der Waals surface area contributed by atoms with Crippen molar-refractivity contribution in [2.45, 2.75) is 32.5 Å². The van der Waals surface area contributed by atoms with Crippen LogP contribution in [0.2, 0.25) is 0 Å². The quantitative estimate of drug-likeness (QED) is 0.781. The maximum Gasteiger partial charge on any atom is 0.310 e. The Morgan fingerprint density at radius 2 is 2.05 bits per heavy atom. The van der Waals surface area contributed by atoms with Crippen LogP contribution in [0.3, 0.4) is 0 Å². The van der Waals surface area contributed by atoms with Gasteiger partial charge < -0.3 is 14.7 Å². The van der Waals surface area contributed by atoms with Gasteiger partial charge >= 0.3 is 5.97 Å². The first-order valence-corrected chi connectivity index (χ1v) is 7.61. The van der Waals surface area contributed by atoms with Crippen molar-refractivity contribution in [2.75, 3.05) is 20.1 Å². The van der Waals surface area contributed by atoms with Gasteiger partial charge in [0.1, 0.15) is 6.61 Å². The van der Waals surface area contributed by atoms with Crippen LogP contribution in [0.1, 0.15) is 25.3 Å². The molecule has 1 aromatic carbocycles. The van der Waals surface area contributed by atoms with Crippen LogP contribution in [-0.2, 0) is 16.1 Å². The monoisotopic (exact) mass is 291 g/mol. The number of carbonyl (C=O) groups excluding carboxylic acids is 1. The van der Waals surface area contributed by atoms with E-state index in [1.54, 1.807) is 0 Å². The molecule has 1 fully saturated rings. The van der Waals surface area contributed by atoms with E-state index in [0.717, 1.165) is 24.9 Å². The molecular weight excluding hydrogens is 266 g/mol. The van der Waals surface area contributed by atoms with Crippen LogP contribution in [0.15, 0.2) is 30.3 Å². The van der Waals surface area contributed by atoms with E-state index in [2.05, 4.69) is 4.90 Å². The van der Waals surface area contributed by atoms with Gasteiger partial charge in [0, 0.05) is 13.1 Å². The average molecular weight is 291 g/mol. The molecule has 0 radical (unpaired) electrons. The van der Waals surface area contributed by atoms with Crippen LogP contribution in [0.5, 0.6) is 0 Å². The number of hydrogen-bond donors (Lipinski definition) is 1. The SMILES string of the molecule is CC(CN(C)CC1CC(O)C1)C(=O)OCc1ccccc1. The summed E-state index contributed by atoms with van der Waals surface area (Å²) in [7, 11) is 2.02. The van der Waals surface area contributed by atoms with Gasteiger partial charge in [-0.25, -0.2) is 0 Å². The molecule has 0 bridgehead atoms. The van der Waals surface area contributed by atoms with Gasteiger partial charge in [-0.1, -0.05) is 37.3 Å². The Balaban J connectivity index is 1.67. The van der Waals surface area contributed by atoms with E-state index in [0.29, 0.717) is 19.1 Å². The zero-order valence-corrected chi connectivity index (χ0v) is 12.9. The number of carbonyl (C=O) groups is 1. The molecule has 0 spiro atoms. The fourth-order valence-electron chi connectivity index (χ4n) is 2.78. The number of rotatable bonds is 7. The van der Waals surface area contributed by atoms with Gasteiger partial charge in [-0.2, -0.15) is 0 Å². The Bertz CT molecular complexity index is 443. The van der Waals surface area contributed by atoms with Gasteiger partial charge in [0.25, 0.3) is 0 Å². The summed E-state index contributed by atoms with van der Waals surface area (Å²) in [6.45, 7) is 3.87. The van der Waals surface area contributed by atoms with Crippen molar-refractivity contribution >= 4 is 5.97 Å². The number of nitrogens with zero attached hydrogens (tertiary/aromatic N) is 1. The van der Waals surface area contributed by atoms with Crippen molar-refractivity contribution in [2.24, 2.45) is 11.8 Å². The number of ether oxygens (including phenoxy) is 1. The molecule has 21 heavy (non-hydrogen) atoms. The molecule has 1 N–H and O–H groups in total. The van der Waals surface area contributed by atoms with E-state index >= 15 is 0 Å². The van der Waals surface area contributed by atoms with Crippen LogP contribution >= 0.6 is 0 Å². The van der Waals surface area contributed by atoms with Crippen molar-refractivity contribution in [1.82, 2.24) is 4.90 Å². The summed E-state index contributed by atoms with van der Waals surface area (Å²) in [5, 5.41) is 9.29. The standard InChI is InChI=1S/C17H25NO3/c1-13(10-18(2)11-15-8-16(19)9-15)17(20)21-12-14-6-4-3-5-7-14/h3-7,13,15-16,19H,8-12H2,1-2H3.